The molecule has 2 N–H and O–H groups in total. The monoisotopic (exact) mass is 273 g/mol. The van der Waals surface area contributed by atoms with Crippen LogP contribution in [0.25, 0.3) is 5.78 Å². The summed E-state index contributed by atoms with van der Waals surface area (Å²) in [5.41, 5.74) is 9.58. The van der Waals surface area contributed by atoms with E-state index in [0.29, 0.717) is 0 Å². The number of rotatable bonds is 3. The first-order valence-electron chi connectivity index (χ1n) is 7.24. The van der Waals surface area contributed by atoms with Gasteiger partial charge in [0.2, 0.25) is 5.78 Å². The minimum Gasteiger partial charge on any atom is -0.330 e. The molecule has 2 aromatic heterocycles. The average molecular weight is 273 g/mol. The van der Waals surface area contributed by atoms with Gasteiger partial charge in [0.15, 0.2) is 0 Å². The standard InChI is InChI=1S/C15H23N5/c1-11-6-12(2)20-13(7-17-14(20)18-11)8-19-5-4-15(3,9-16)10-19/h6-7H,4-5,8-10,16H2,1-3H3. The summed E-state index contributed by atoms with van der Waals surface area (Å²) >= 11 is 0. The molecular weight excluding hydrogens is 250 g/mol. The van der Waals surface area contributed by atoms with Gasteiger partial charge in [-0.2, -0.15) is 0 Å². The van der Waals surface area contributed by atoms with Crippen LogP contribution >= 0.6 is 0 Å². The van der Waals surface area contributed by atoms with Crippen molar-refractivity contribution in [1.82, 2.24) is 19.3 Å². The molecule has 0 bridgehead atoms. The highest BCUT2D eigenvalue weighted by molar-refractivity contribution is 5.35. The van der Waals surface area contributed by atoms with E-state index in [9.17, 15) is 0 Å². The van der Waals surface area contributed by atoms with Crippen molar-refractivity contribution in [2.45, 2.75) is 33.7 Å². The van der Waals surface area contributed by atoms with Crippen molar-refractivity contribution in [3.63, 3.8) is 0 Å². The number of aromatic nitrogens is 3. The summed E-state index contributed by atoms with van der Waals surface area (Å²) in [4.78, 5) is 11.4. The smallest absolute Gasteiger partial charge is 0.234 e. The molecule has 3 rings (SSSR count). The van der Waals surface area contributed by atoms with Gasteiger partial charge >= 0.3 is 0 Å². The summed E-state index contributed by atoms with van der Waals surface area (Å²) in [6.45, 7) is 10.3. The molecule has 2 aromatic rings. The number of hydrogen-bond donors (Lipinski definition) is 1. The minimum absolute atomic E-state index is 0.268. The van der Waals surface area contributed by atoms with Crippen molar-refractivity contribution >= 4 is 5.78 Å². The van der Waals surface area contributed by atoms with E-state index in [4.69, 9.17) is 5.73 Å². The van der Waals surface area contributed by atoms with Gasteiger partial charge < -0.3 is 5.73 Å². The van der Waals surface area contributed by atoms with E-state index in [2.05, 4.69) is 39.2 Å². The van der Waals surface area contributed by atoms with Gasteiger partial charge in [0.1, 0.15) is 0 Å². The van der Waals surface area contributed by atoms with Crippen molar-refractivity contribution in [2.24, 2.45) is 11.1 Å². The molecule has 0 saturated carbocycles. The Kier molecular flexibility index (Phi) is 3.26. The van der Waals surface area contributed by atoms with Crippen LogP contribution in [0.1, 0.15) is 30.4 Å². The zero-order valence-corrected chi connectivity index (χ0v) is 12.6. The summed E-state index contributed by atoms with van der Waals surface area (Å²) in [5, 5.41) is 0. The molecule has 1 unspecified atom stereocenters. The first kappa shape index (κ1) is 13.5. The van der Waals surface area contributed by atoms with Gasteiger partial charge in [-0.1, -0.05) is 6.92 Å². The van der Waals surface area contributed by atoms with Gasteiger partial charge in [-0.05, 0) is 44.8 Å². The van der Waals surface area contributed by atoms with Crippen LogP contribution in [-0.4, -0.2) is 38.9 Å². The van der Waals surface area contributed by atoms with Crippen molar-refractivity contribution < 1.29 is 0 Å². The third-order valence-electron chi connectivity index (χ3n) is 4.38. The number of hydrogen-bond acceptors (Lipinski definition) is 4. The lowest BCUT2D eigenvalue weighted by Gasteiger charge is -2.22. The predicted octanol–water partition coefficient (Wildman–Crippen LogP) is 1.52. The maximum atomic E-state index is 5.88. The van der Waals surface area contributed by atoms with E-state index in [1.807, 2.05) is 13.1 Å². The molecule has 1 saturated heterocycles. The maximum absolute atomic E-state index is 5.88. The Labute approximate surface area is 119 Å². The highest BCUT2D eigenvalue weighted by Crippen LogP contribution is 2.29. The van der Waals surface area contributed by atoms with E-state index in [1.165, 1.54) is 17.8 Å². The Morgan fingerprint density at radius 2 is 2.20 bits per heavy atom. The van der Waals surface area contributed by atoms with Crippen LogP contribution in [0.3, 0.4) is 0 Å². The molecule has 0 aromatic carbocycles. The molecule has 0 amide bonds. The first-order valence-corrected chi connectivity index (χ1v) is 7.24. The summed E-state index contributed by atoms with van der Waals surface area (Å²) in [6.07, 6.45) is 3.13. The van der Waals surface area contributed by atoms with E-state index >= 15 is 0 Å². The molecule has 1 atom stereocenters. The molecule has 1 fully saturated rings. The van der Waals surface area contributed by atoms with Gasteiger partial charge in [0.05, 0.1) is 11.9 Å². The van der Waals surface area contributed by atoms with E-state index in [-0.39, 0.29) is 5.41 Å². The average Bonchev–Trinajstić information content (AvgIpc) is 2.95. The maximum Gasteiger partial charge on any atom is 0.234 e. The molecule has 0 aliphatic carbocycles. The zero-order chi connectivity index (χ0) is 14.3. The highest BCUT2D eigenvalue weighted by atomic mass is 15.2. The molecule has 3 heterocycles. The van der Waals surface area contributed by atoms with E-state index in [0.717, 1.165) is 37.7 Å². The van der Waals surface area contributed by atoms with E-state index in [1.54, 1.807) is 0 Å². The van der Waals surface area contributed by atoms with E-state index < -0.39 is 0 Å². The Morgan fingerprint density at radius 1 is 1.40 bits per heavy atom. The third kappa shape index (κ3) is 2.31. The van der Waals surface area contributed by atoms with Crippen molar-refractivity contribution in [3.8, 4) is 0 Å². The predicted molar refractivity (Wildman–Crippen MR) is 79.5 cm³/mol. The number of likely N-dealkylation sites (tertiary alicyclic amines) is 1. The number of imidazole rings is 1. The fourth-order valence-corrected chi connectivity index (χ4v) is 3.16. The van der Waals surface area contributed by atoms with Gasteiger partial charge in [-0.15, -0.1) is 0 Å². The Hall–Kier alpha value is -1.46. The van der Waals surface area contributed by atoms with Crippen LogP contribution in [0, 0.1) is 19.3 Å². The third-order valence-corrected chi connectivity index (χ3v) is 4.38. The van der Waals surface area contributed by atoms with Gasteiger partial charge in [-0.25, -0.2) is 9.97 Å². The van der Waals surface area contributed by atoms with Gasteiger partial charge in [0.25, 0.3) is 0 Å². The van der Waals surface area contributed by atoms with Crippen molar-refractivity contribution in [3.05, 3.63) is 29.3 Å². The normalized spacial score (nSPS) is 23.8. The topological polar surface area (TPSA) is 59.5 Å². The fourth-order valence-electron chi connectivity index (χ4n) is 3.16. The number of aryl methyl sites for hydroxylation is 2. The molecule has 0 spiro atoms. The molecule has 1 aliphatic heterocycles. The molecule has 5 heteroatoms. The second-order valence-corrected chi connectivity index (χ2v) is 6.40. The second kappa shape index (κ2) is 4.82. The first-order chi connectivity index (χ1) is 9.50. The van der Waals surface area contributed by atoms with Crippen LogP contribution in [-0.2, 0) is 6.54 Å². The number of fused-ring (bicyclic) bond motifs is 1. The summed E-state index contributed by atoms with van der Waals surface area (Å²) < 4.78 is 2.16. The molecule has 5 nitrogen and oxygen atoms in total. The molecule has 1 aliphatic rings. The zero-order valence-electron chi connectivity index (χ0n) is 12.6. The van der Waals surface area contributed by atoms with Crippen LogP contribution < -0.4 is 5.73 Å². The van der Waals surface area contributed by atoms with Crippen molar-refractivity contribution in [2.75, 3.05) is 19.6 Å². The SMILES string of the molecule is Cc1cc(C)n2c(CN3CCC(C)(CN)C3)cnc2n1. The number of nitrogens with zero attached hydrogens (tertiary/aromatic N) is 4. The lowest BCUT2D eigenvalue weighted by atomic mass is 9.90. The minimum atomic E-state index is 0.268. The highest BCUT2D eigenvalue weighted by Gasteiger charge is 2.32. The Balaban J connectivity index is 1.86. The fraction of sp³-hybridized carbons (Fsp3) is 0.600. The lowest BCUT2D eigenvalue weighted by molar-refractivity contribution is 0.271. The Bertz CT molecular complexity index is 632. The van der Waals surface area contributed by atoms with Crippen LogP contribution in [0.4, 0.5) is 0 Å². The molecule has 20 heavy (non-hydrogen) atoms. The quantitative estimate of drug-likeness (QED) is 0.921. The van der Waals surface area contributed by atoms with Gasteiger partial charge in [0, 0.05) is 24.5 Å². The van der Waals surface area contributed by atoms with Crippen LogP contribution in [0.5, 0.6) is 0 Å². The van der Waals surface area contributed by atoms with Crippen LogP contribution in [0.2, 0.25) is 0 Å². The summed E-state index contributed by atoms with van der Waals surface area (Å²) in [7, 11) is 0. The molecular formula is C15H23N5. The van der Waals surface area contributed by atoms with Crippen LogP contribution in [0.15, 0.2) is 12.3 Å². The van der Waals surface area contributed by atoms with Gasteiger partial charge in [-0.3, -0.25) is 9.30 Å². The summed E-state index contributed by atoms with van der Waals surface area (Å²) in [5.74, 6) is 0.804. The molecule has 0 radical (unpaired) electrons. The molecule has 108 valence electrons. The Morgan fingerprint density at radius 3 is 2.90 bits per heavy atom. The van der Waals surface area contributed by atoms with Crippen molar-refractivity contribution in [1.29, 1.82) is 0 Å². The number of nitrogens with two attached hydrogens (primary N) is 1. The lowest BCUT2D eigenvalue weighted by Crippen LogP contribution is -2.31. The summed E-state index contributed by atoms with van der Waals surface area (Å²) in [6, 6.07) is 2.10. The second-order valence-electron chi connectivity index (χ2n) is 6.40. The largest absolute Gasteiger partial charge is 0.330 e.